The summed E-state index contributed by atoms with van der Waals surface area (Å²) in [6.07, 6.45) is 8.30. The van der Waals surface area contributed by atoms with Gasteiger partial charge >= 0.3 is 0 Å². The quantitative estimate of drug-likeness (QED) is 0.605. The molecular weight excluding hydrogens is 315 g/mol. The van der Waals surface area contributed by atoms with Crippen molar-refractivity contribution in [2.45, 2.75) is 58.0 Å². The zero-order valence-corrected chi connectivity index (χ0v) is 15.2. The molecule has 0 radical (unpaired) electrons. The van der Waals surface area contributed by atoms with Gasteiger partial charge in [0, 0.05) is 11.1 Å². The van der Waals surface area contributed by atoms with E-state index in [-0.39, 0.29) is 11.9 Å². The van der Waals surface area contributed by atoms with E-state index in [1.165, 1.54) is 37.3 Å². The molecule has 134 valence electrons. The fourth-order valence-electron chi connectivity index (χ4n) is 3.48. The summed E-state index contributed by atoms with van der Waals surface area (Å²) in [5.41, 5.74) is 2.54. The zero-order valence-electron chi connectivity index (χ0n) is 15.2. The number of methoxy groups -OCH3 is 1. The lowest BCUT2D eigenvalue weighted by atomic mass is 10.0. The molecule has 1 aliphatic carbocycles. The number of rotatable bonds is 5. The zero-order chi connectivity index (χ0) is 17.6. The van der Waals surface area contributed by atoms with E-state index < -0.39 is 0 Å². The summed E-state index contributed by atoms with van der Waals surface area (Å²) in [6.45, 7) is 2.12. The molecule has 0 atom stereocenters. The molecule has 1 saturated carbocycles. The van der Waals surface area contributed by atoms with Crippen LogP contribution in [0.3, 0.4) is 0 Å². The van der Waals surface area contributed by atoms with E-state index in [9.17, 15) is 4.39 Å². The first-order valence-electron chi connectivity index (χ1n) is 9.34. The van der Waals surface area contributed by atoms with Gasteiger partial charge in [0.25, 0.3) is 0 Å². The van der Waals surface area contributed by atoms with Crippen molar-refractivity contribution >= 4 is 0 Å². The van der Waals surface area contributed by atoms with Crippen molar-refractivity contribution in [1.82, 2.24) is 0 Å². The van der Waals surface area contributed by atoms with Gasteiger partial charge in [-0.1, -0.05) is 31.9 Å². The van der Waals surface area contributed by atoms with Crippen LogP contribution in [0.25, 0.3) is 11.1 Å². The molecule has 2 aromatic rings. The van der Waals surface area contributed by atoms with Crippen LogP contribution < -0.4 is 9.47 Å². The number of ether oxygens (including phenoxy) is 2. The third-order valence-corrected chi connectivity index (χ3v) is 5.01. The maximum atomic E-state index is 14.5. The molecule has 2 aromatic carbocycles. The monoisotopic (exact) mass is 342 g/mol. The molecule has 0 aliphatic heterocycles. The average Bonchev–Trinajstić information content (AvgIpc) is 2.91. The third kappa shape index (κ3) is 4.33. The second-order valence-corrected chi connectivity index (χ2v) is 6.76. The summed E-state index contributed by atoms with van der Waals surface area (Å²) in [5.74, 6) is 1.19. The van der Waals surface area contributed by atoms with Gasteiger partial charge in [-0.05, 0) is 61.9 Å². The van der Waals surface area contributed by atoms with Gasteiger partial charge in [-0.15, -0.1) is 0 Å². The average molecular weight is 342 g/mol. The van der Waals surface area contributed by atoms with Gasteiger partial charge < -0.3 is 9.47 Å². The van der Waals surface area contributed by atoms with E-state index in [2.05, 4.69) is 13.0 Å². The molecule has 3 heteroatoms. The Morgan fingerprint density at radius 3 is 2.40 bits per heavy atom. The van der Waals surface area contributed by atoms with Crippen molar-refractivity contribution < 1.29 is 13.9 Å². The second-order valence-electron chi connectivity index (χ2n) is 6.76. The molecule has 2 nitrogen and oxygen atoms in total. The highest BCUT2D eigenvalue weighted by molar-refractivity contribution is 5.72. The number of halogens is 1. The molecular formula is C22H27FO2. The standard InChI is InChI=1S/C22H27FO2/c1-3-16-10-12-19(20-15-18(24-2)11-13-21(20)23)22(14-16)25-17-8-6-4-5-7-9-17/h10-15,17H,3-9H2,1-2H3. The molecule has 25 heavy (non-hydrogen) atoms. The van der Waals surface area contributed by atoms with Crippen LogP contribution in [-0.2, 0) is 6.42 Å². The fourth-order valence-corrected chi connectivity index (χ4v) is 3.48. The Kier molecular flexibility index (Phi) is 5.95. The highest BCUT2D eigenvalue weighted by atomic mass is 19.1. The fraction of sp³-hybridized carbons (Fsp3) is 0.455. The summed E-state index contributed by atoms with van der Waals surface area (Å²) in [5, 5.41) is 0. The third-order valence-electron chi connectivity index (χ3n) is 5.01. The lowest BCUT2D eigenvalue weighted by Gasteiger charge is -2.21. The van der Waals surface area contributed by atoms with Gasteiger partial charge in [0.05, 0.1) is 13.2 Å². The van der Waals surface area contributed by atoms with Crippen molar-refractivity contribution in [2.24, 2.45) is 0 Å². The molecule has 0 amide bonds. The van der Waals surface area contributed by atoms with Crippen molar-refractivity contribution in [3.05, 3.63) is 47.8 Å². The SMILES string of the molecule is CCc1ccc(-c2cc(OC)ccc2F)c(OC2CCCCCC2)c1. The lowest BCUT2D eigenvalue weighted by molar-refractivity contribution is 0.184. The molecule has 0 spiro atoms. The molecule has 1 fully saturated rings. The van der Waals surface area contributed by atoms with Crippen LogP contribution in [0.4, 0.5) is 4.39 Å². The first kappa shape index (κ1) is 17.8. The van der Waals surface area contributed by atoms with Crippen LogP contribution in [0, 0.1) is 5.82 Å². The minimum Gasteiger partial charge on any atom is -0.497 e. The molecule has 0 heterocycles. The van der Waals surface area contributed by atoms with E-state index in [4.69, 9.17) is 9.47 Å². The van der Waals surface area contributed by atoms with Crippen LogP contribution in [0.2, 0.25) is 0 Å². The van der Waals surface area contributed by atoms with E-state index in [1.807, 2.05) is 12.1 Å². The Morgan fingerprint density at radius 2 is 1.72 bits per heavy atom. The van der Waals surface area contributed by atoms with Crippen molar-refractivity contribution in [2.75, 3.05) is 7.11 Å². The van der Waals surface area contributed by atoms with Gasteiger partial charge in [0.2, 0.25) is 0 Å². The summed E-state index contributed by atoms with van der Waals surface area (Å²) in [7, 11) is 1.60. The highest BCUT2D eigenvalue weighted by Gasteiger charge is 2.18. The number of benzene rings is 2. The second kappa shape index (κ2) is 8.37. The van der Waals surface area contributed by atoms with E-state index in [0.29, 0.717) is 11.3 Å². The number of aryl methyl sites for hydroxylation is 1. The van der Waals surface area contributed by atoms with Crippen molar-refractivity contribution in [3.8, 4) is 22.6 Å². The Balaban J connectivity index is 1.98. The predicted octanol–water partition coefficient (Wildman–Crippen LogP) is 6.17. The van der Waals surface area contributed by atoms with Crippen LogP contribution in [0.1, 0.15) is 51.0 Å². The molecule has 3 rings (SSSR count). The van der Waals surface area contributed by atoms with Crippen LogP contribution in [0.5, 0.6) is 11.5 Å². The molecule has 0 unspecified atom stereocenters. The van der Waals surface area contributed by atoms with Gasteiger partial charge in [-0.2, -0.15) is 0 Å². The Morgan fingerprint density at radius 1 is 0.960 bits per heavy atom. The first-order chi connectivity index (χ1) is 12.2. The summed E-state index contributed by atoms with van der Waals surface area (Å²) < 4.78 is 26.1. The lowest BCUT2D eigenvalue weighted by Crippen LogP contribution is -2.15. The molecule has 0 bridgehead atoms. The predicted molar refractivity (Wildman–Crippen MR) is 99.9 cm³/mol. The molecule has 0 saturated heterocycles. The Bertz CT molecular complexity index is 703. The van der Waals surface area contributed by atoms with Gasteiger partial charge in [-0.3, -0.25) is 0 Å². The van der Waals surface area contributed by atoms with Crippen molar-refractivity contribution in [3.63, 3.8) is 0 Å². The minimum atomic E-state index is -0.254. The van der Waals surface area contributed by atoms with E-state index >= 15 is 0 Å². The largest absolute Gasteiger partial charge is 0.497 e. The summed E-state index contributed by atoms with van der Waals surface area (Å²) in [6, 6.07) is 10.9. The van der Waals surface area contributed by atoms with E-state index in [1.54, 1.807) is 19.2 Å². The maximum absolute atomic E-state index is 14.5. The van der Waals surface area contributed by atoms with Gasteiger partial charge in [0.1, 0.15) is 17.3 Å². The summed E-state index contributed by atoms with van der Waals surface area (Å²) in [4.78, 5) is 0. The van der Waals surface area contributed by atoms with Crippen molar-refractivity contribution in [1.29, 1.82) is 0 Å². The molecule has 0 N–H and O–H groups in total. The maximum Gasteiger partial charge on any atom is 0.131 e. The number of hydrogen-bond donors (Lipinski definition) is 0. The van der Waals surface area contributed by atoms with E-state index in [0.717, 1.165) is 30.6 Å². The topological polar surface area (TPSA) is 18.5 Å². The molecule has 0 aromatic heterocycles. The molecule has 1 aliphatic rings. The van der Waals surface area contributed by atoms with Crippen LogP contribution in [-0.4, -0.2) is 13.2 Å². The smallest absolute Gasteiger partial charge is 0.131 e. The normalized spacial score (nSPS) is 15.6. The van der Waals surface area contributed by atoms with Crippen LogP contribution in [0.15, 0.2) is 36.4 Å². The Labute approximate surface area is 150 Å². The number of hydrogen-bond acceptors (Lipinski definition) is 2. The summed E-state index contributed by atoms with van der Waals surface area (Å²) >= 11 is 0. The Hall–Kier alpha value is -2.03. The van der Waals surface area contributed by atoms with Gasteiger partial charge in [0.15, 0.2) is 0 Å². The minimum absolute atomic E-state index is 0.224. The first-order valence-corrected chi connectivity index (χ1v) is 9.34. The van der Waals surface area contributed by atoms with Crippen LogP contribution >= 0.6 is 0 Å². The highest BCUT2D eigenvalue weighted by Crippen LogP contribution is 2.36. The van der Waals surface area contributed by atoms with Gasteiger partial charge in [-0.25, -0.2) is 4.39 Å².